The van der Waals surface area contributed by atoms with Gasteiger partial charge in [0, 0.05) is 11.4 Å². The van der Waals surface area contributed by atoms with Gasteiger partial charge in [-0.15, -0.1) is 16.4 Å². The van der Waals surface area contributed by atoms with Crippen molar-refractivity contribution < 1.29 is 4.79 Å². The van der Waals surface area contributed by atoms with Crippen molar-refractivity contribution in [3.63, 3.8) is 0 Å². The summed E-state index contributed by atoms with van der Waals surface area (Å²) in [5.41, 5.74) is 2.13. The molecule has 1 atom stereocenters. The summed E-state index contributed by atoms with van der Waals surface area (Å²) in [6.45, 7) is 12.2. The second kappa shape index (κ2) is 8.36. The van der Waals surface area contributed by atoms with Crippen LogP contribution < -0.4 is 5.32 Å². The minimum absolute atomic E-state index is 0.210. The van der Waals surface area contributed by atoms with E-state index in [2.05, 4.69) is 41.1 Å². The van der Waals surface area contributed by atoms with Gasteiger partial charge in [-0.05, 0) is 63.7 Å². The van der Waals surface area contributed by atoms with Crippen molar-refractivity contribution in [3.05, 3.63) is 22.1 Å². The van der Waals surface area contributed by atoms with Gasteiger partial charge in [-0.2, -0.15) is 4.52 Å². The summed E-state index contributed by atoms with van der Waals surface area (Å²) in [5, 5.41) is 8.55. The number of amides is 1. The molecule has 0 saturated carbocycles. The zero-order valence-electron chi connectivity index (χ0n) is 17.8. The predicted octanol–water partition coefficient (Wildman–Crippen LogP) is 3.23. The molecule has 0 saturated heterocycles. The van der Waals surface area contributed by atoms with Crippen molar-refractivity contribution in [1.82, 2.24) is 29.8 Å². The molecule has 0 bridgehead atoms. The molecular weight excluding hydrogens is 384 g/mol. The zero-order valence-corrected chi connectivity index (χ0v) is 18.6. The summed E-state index contributed by atoms with van der Waals surface area (Å²) in [6, 6.07) is 0. The van der Waals surface area contributed by atoms with Crippen LogP contribution in [0.1, 0.15) is 60.5 Å². The molecule has 156 valence electrons. The number of nitrogens with zero attached hydrogens (tertiary/aromatic N) is 5. The van der Waals surface area contributed by atoms with E-state index in [4.69, 9.17) is 4.98 Å². The Morgan fingerprint density at radius 1 is 1.31 bits per heavy atom. The number of nitrogens with one attached hydrogen (secondary N) is 1. The third-order valence-corrected chi connectivity index (χ3v) is 7.11. The van der Waals surface area contributed by atoms with E-state index in [1.54, 1.807) is 15.9 Å². The third-order valence-electron chi connectivity index (χ3n) is 5.92. The number of hydrogen-bond acceptors (Lipinski definition) is 6. The first-order valence-corrected chi connectivity index (χ1v) is 11.5. The number of carbonyl (C=O) groups excluding carboxylic acids is 1. The fourth-order valence-corrected chi connectivity index (χ4v) is 5.42. The highest BCUT2D eigenvalue weighted by atomic mass is 32.1. The number of hydrogen-bond donors (Lipinski definition) is 1. The Balaban J connectivity index is 1.58. The van der Waals surface area contributed by atoms with Crippen LogP contribution in [0.25, 0.3) is 15.9 Å². The predicted molar refractivity (Wildman–Crippen MR) is 117 cm³/mol. The van der Waals surface area contributed by atoms with Crippen LogP contribution in [0.2, 0.25) is 0 Å². The van der Waals surface area contributed by atoms with Crippen molar-refractivity contribution in [1.29, 1.82) is 0 Å². The molecule has 29 heavy (non-hydrogen) atoms. The quantitative estimate of drug-likeness (QED) is 0.601. The topological polar surface area (TPSA) is 75.4 Å². The van der Waals surface area contributed by atoms with Crippen LogP contribution >= 0.6 is 11.3 Å². The summed E-state index contributed by atoms with van der Waals surface area (Å²) in [6.07, 6.45) is 4.30. The highest BCUT2D eigenvalue weighted by Gasteiger charge is 2.25. The Morgan fingerprint density at radius 3 is 2.86 bits per heavy atom. The minimum Gasteiger partial charge on any atom is -0.349 e. The maximum atomic E-state index is 12.6. The highest BCUT2D eigenvalue weighted by Crippen LogP contribution is 2.38. The Bertz CT molecular complexity index is 1040. The Labute approximate surface area is 175 Å². The standard InChI is InChI=1S/C21H30N6OS/c1-5-26(6-2)11-7-10-22-20(28)18-24-19-17-15-12-13(3)8-9-16(15)29-21(17)23-14(4)27(19)25-18/h13H,5-12H2,1-4H3,(H,22,28)/t13-/m1/s1. The second-order valence-electron chi connectivity index (χ2n) is 8.00. The lowest BCUT2D eigenvalue weighted by Crippen LogP contribution is -2.30. The lowest BCUT2D eigenvalue weighted by molar-refractivity contribution is 0.0941. The summed E-state index contributed by atoms with van der Waals surface area (Å²) < 4.78 is 1.74. The number of aromatic nitrogens is 4. The summed E-state index contributed by atoms with van der Waals surface area (Å²) >= 11 is 1.77. The summed E-state index contributed by atoms with van der Waals surface area (Å²) in [5.74, 6) is 1.46. The zero-order chi connectivity index (χ0) is 20.5. The Hall–Kier alpha value is -2.06. The minimum atomic E-state index is -0.210. The molecule has 3 heterocycles. The molecule has 3 aromatic heterocycles. The molecule has 8 heteroatoms. The fourth-order valence-electron chi connectivity index (χ4n) is 4.17. The van der Waals surface area contributed by atoms with Crippen molar-refractivity contribution in [2.75, 3.05) is 26.2 Å². The van der Waals surface area contributed by atoms with Gasteiger partial charge in [0.15, 0.2) is 5.65 Å². The molecule has 1 N–H and O–H groups in total. The molecule has 0 aromatic carbocycles. The number of thiophene rings is 1. The van der Waals surface area contributed by atoms with E-state index in [0.29, 0.717) is 12.5 Å². The molecule has 0 fully saturated rings. The van der Waals surface area contributed by atoms with Gasteiger partial charge in [0.25, 0.3) is 5.91 Å². The molecule has 1 amide bonds. The van der Waals surface area contributed by atoms with Crippen LogP contribution in [0.5, 0.6) is 0 Å². The molecule has 3 aromatic rings. The molecule has 0 radical (unpaired) electrons. The maximum absolute atomic E-state index is 12.6. The molecule has 4 rings (SSSR count). The number of aryl methyl sites for hydroxylation is 2. The SMILES string of the molecule is CCN(CC)CCCNC(=O)c1nc2c3c4c(sc3nc(C)n2n1)CC[C@@H](C)C4. The van der Waals surface area contributed by atoms with Gasteiger partial charge in [0.05, 0.1) is 5.39 Å². The van der Waals surface area contributed by atoms with Gasteiger partial charge < -0.3 is 10.2 Å². The van der Waals surface area contributed by atoms with Crippen LogP contribution in [0, 0.1) is 12.8 Å². The van der Waals surface area contributed by atoms with E-state index >= 15 is 0 Å². The van der Waals surface area contributed by atoms with Gasteiger partial charge >= 0.3 is 0 Å². The lowest BCUT2D eigenvalue weighted by Gasteiger charge is -2.17. The van der Waals surface area contributed by atoms with Crippen LogP contribution in [-0.2, 0) is 12.8 Å². The number of fused-ring (bicyclic) bond motifs is 5. The summed E-state index contributed by atoms with van der Waals surface area (Å²) in [4.78, 5) is 26.8. The molecule has 0 unspecified atom stereocenters. The Morgan fingerprint density at radius 2 is 2.10 bits per heavy atom. The molecular formula is C21H30N6OS. The third kappa shape index (κ3) is 3.88. The first-order chi connectivity index (χ1) is 14.0. The number of carbonyl (C=O) groups is 1. The van der Waals surface area contributed by atoms with Crippen LogP contribution in [0.4, 0.5) is 0 Å². The summed E-state index contributed by atoms with van der Waals surface area (Å²) in [7, 11) is 0. The van der Waals surface area contributed by atoms with Crippen molar-refractivity contribution in [2.45, 2.75) is 53.4 Å². The molecule has 0 spiro atoms. The average Bonchev–Trinajstić information content (AvgIpc) is 3.29. The van der Waals surface area contributed by atoms with E-state index in [9.17, 15) is 4.79 Å². The fraction of sp³-hybridized carbons (Fsp3) is 0.619. The van der Waals surface area contributed by atoms with Gasteiger partial charge in [-0.25, -0.2) is 9.97 Å². The van der Waals surface area contributed by atoms with E-state index in [-0.39, 0.29) is 11.7 Å². The first-order valence-electron chi connectivity index (χ1n) is 10.7. The van der Waals surface area contributed by atoms with Crippen molar-refractivity contribution in [3.8, 4) is 0 Å². The van der Waals surface area contributed by atoms with Gasteiger partial charge in [-0.1, -0.05) is 20.8 Å². The van der Waals surface area contributed by atoms with Crippen molar-refractivity contribution >= 4 is 33.1 Å². The molecule has 1 aliphatic carbocycles. The molecule has 0 aliphatic heterocycles. The van der Waals surface area contributed by atoms with Gasteiger partial charge in [-0.3, -0.25) is 4.79 Å². The van der Waals surface area contributed by atoms with Crippen LogP contribution in [-0.4, -0.2) is 56.6 Å². The van der Waals surface area contributed by atoms with Crippen molar-refractivity contribution in [2.24, 2.45) is 5.92 Å². The number of rotatable bonds is 7. The lowest BCUT2D eigenvalue weighted by atomic mass is 9.89. The molecule has 7 nitrogen and oxygen atoms in total. The maximum Gasteiger partial charge on any atom is 0.290 e. The second-order valence-corrected chi connectivity index (χ2v) is 9.08. The van der Waals surface area contributed by atoms with E-state index in [1.165, 1.54) is 16.9 Å². The van der Waals surface area contributed by atoms with E-state index in [0.717, 1.165) is 60.6 Å². The van der Waals surface area contributed by atoms with E-state index in [1.807, 2.05) is 6.92 Å². The monoisotopic (exact) mass is 414 g/mol. The smallest absolute Gasteiger partial charge is 0.290 e. The van der Waals surface area contributed by atoms with E-state index < -0.39 is 0 Å². The highest BCUT2D eigenvalue weighted by molar-refractivity contribution is 7.19. The average molecular weight is 415 g/mol. The van der Waals surface area contributed by atoms with Crippen LogP contribution in [0.15, 0.2) is 0 Å². The van der Waals surface area contributed by atoms with Gasteiger partial charge in [0.2, 0.25) is 5.82 Å². The Kier molecular flexibility index (Phi) is 5.83. The molecule has 1 aliphatic rings. The first kappa shape index (κ1) is 20.2. The largest absolute Gasteiger partial charge is 0.349 e. The van der Waals surface area contributed by atoms with Crippen LogP contribution in [0.3, 0.4) is 0 Å². The van der Waals surface area contributed by atoms with Gasteiger partial charge in [0.1, 0.15) is 10.7 Å². The normalized spacial score (nSPS) is 16.7.